The van der Waals surface area contributed by atoms with E-state index in [0.717, 1.165) is 71.8 Å². The van der Waals surface area contributed by atoms with Gasteiger partial charge in [0.25, 0.3) is 0 Å². The highest BCUT2D eigenvalue weighted by atomic mass is 15.0. The zero-order valence-electron chi connectivity index (χ0n) is 26.3. The third kappa shape index (κ3) is 3.83. The molecule has 4 heteroatoms. The molecule has 0 amide bonds. The largest absolute Gasteiger partial charge is 0.299 e. The van der Waals surface area contributed by atoms with Crippen molar-refractivity contribution < 1.29 is 0 Å². The molecule has 0 saturated carbocycles. The van der Waals surface area contributed by atoms with Crippen molar-refractivity contribution in [3.63, 3.8) is 0 Å². The van der Waals surface area contributed by atoms with Gasteiger partial charge in [-0.1, -0.05) is 121 Å². The zero-order chi connectivity index (χ0) is 32.1. The molecule has 0 aliphatic heterocycles. The molecule has 0 aliphatic rings. The normalized spacial score (nSPS) is 12.1. The van der Waals surface area contributed by atoms with E-state index in [0.29, 0.717) is 0 Å². The summed E-state index contributed by atoms with van der Waals surface area (Å²) in [5.41, 5.74) is 8.68. The molecule has 0 spiro atoms. The second-order valence-corrected chi connectivity index (χ2v) is 12.8. The third-order valence-electron chi connectivity index (χ3n) is 10.1. The Kier molecular flexibility index (Phi) is 5.35. The minimum atomic E-state index is 0.867. The lowest BCUT2D eigenvalue weighted by Gasteiger charge is -2.15. The summed E-state index contributed by atoms with van der Waals surface area (Å²) in [7, 11) is 0. The van der Waals surface area contributed by atoms with Crippen LogP contribution >= 0.6 is 0 Å². The molecular formula is C45H26N4. The number of imidazole rings is 1. The van der Waals surface area contributed by atoms with Crippen molar-refractivity contribution >= 4 is 81.6 Å². The number of fused-ring (bicyclic) bond motifs is 14. The lowest BCUT2D eigenvalue weighted by Crippen LogP contribution is -1.97. The lowest BCUT2D eigenvalue weighted by molar-refractivity contribution is 1.23. The van der Waals surface area contributed by atoms with E-state index in [-0.39, 0.29) is 0 Å². The van der Waals surface area contributed by atoms with Crippen LogP contribution in [-0.4, -0.2) is 19.4 Å². The van der Waals surface area contributed by atoms with Gasteiger partial charge in [0.1, 0.15) is 5.65 Å². The highest BCUT2D eigenvalue weighted by Gasteiger charge is 2.20. The molecule has 49 heavy (non-hydrogen) atoms. The number of nitrogens with zero attached hydrogens (tertiary/aromatic N) is 4. The van der Waals surface area contributed by atoms with Crippen LogP contribution in [0.1, 0.15) is 0 Å². The fraction of sp³-hybridized carbons (Fsp3) is 0. The van der Waals surface area contributed by atoms with Crippen LogP contribution in [0.2, 0.25) is 0 Å². The Bertz CT molecular complexity index is 3170. The van der Waals surface area contributed by atoms with Crippen molar-refractivity contribution in [3.05, 3.63) is 158 Å². The van der Waals surface area contributed by atoms with Gasteiger partial charge in [0.15, 0.2) is 0 Å². The molecule has 8 aromatic carbocycles. The molecule has 0 aliphatic carbocycles. The van der Waals surface area contributed by atoms with E-state index in [4.69, 9.17) is 15.0 Å². The maximum absolute atomic E-state index is 5.46. The molecule has 0 atom stereocenters. The third-order valence-corrected chi connectivity index (χ3v) is 10.1. The van der Waals surface area contributed by atoms with Crippen LogP contribution in [0, 0.1) is 0 Å². The first kappa shape index (κ1) is 26.4. The summed E-state index contributed by atoms with van der Waals surface area (Å²) in [4.78, 5) is 16.0. The minimum Gasteiger partial charge on any atom is -0.299 e. The molecule has 4 nitrogen and oxygen atoms in total. The highest BCUT2D eigenvalue weighted by Crippen LogP contribution is 2.42. The molecule has 11 aromatic rings. The molecule has 0 N–H and O–H groups in total. The first-order valence-electron chi connectivity index (χ1n) is 16.6. The van der Waals surface area contributed by atoms with E-state index in [1.54, 1.807) is 0 Å². The molecule has 0 unspecified atom stereocenters. The number of pyridine rings is 1. The molecule has 3 heterocycles. The van der Waals surface area contributed by atoms with Crippen molar-refractivity contribution in [2.24, 2.45) is 0 Å². The quantitative estimate of drug-likeness (QED) is 0.180. The fourth-order valence-corrected chi connectivity index (χ4v) is 7.83. The van der Waals surface area contributed by atoms with Gasteiger partial charge in [-0.15, -0.1) is 0 Å². The Balaban J connectivity index is 1.28. The summed E-state index contributed by atoms with van der Waals surface area (Å²) in [6.07, 6.45) is 2.11. The standard InChI is InChI=1S/C45H26N4/c1-2-12-30-25-31(17-16-27(30)9-1)42-41(46-38-23-20-29-11-4-6-14-34(29)43(38)48-42)32-19-21-35-37(26-32)40-33-13-5-3-10-28(33)18-22-36(40)44-45(35)49-24-8-7-15-39(49)47-44/h1-26H. The van der Waals surface area contributed by atoms with Gasteiger partial charge < -0.3 is 0 Å². The van der Waals surface area contributed by atoms with Crippen LogP contribution in [0.3, 0.4) is 0 Å². The first-order valence-corrected chi connectivity index (χ1v) is 16.6. The van der Waals surface area contributed by atoms with Crippen LogP contribution in [0.5, 0.6) is 0 Å². The van der Waals surface area contributed by atoms with Gasteiger partial charge in [0.2, 0.25) is 0 Å². The minimum absolute atomic E-state index is 0.867. The smallest absolute Gasteiger partial charge is 0.137 e. The summed E-state index contributed by atoms with van der Waals surface area (Å²) in [5.74, 6) is 0. The van der Waals surface area contributed by atoms with E-state index in [9.17, 15) is 0 Å². The molecule has 0 bridgehead atoms. The Morgan fingerprint density at radius 2 is 1.04 bits per heavy atom. The van der Waals surface area contributed by atoms with Crippen LogP contribution in [0.15, 0.2) is 158 Å². The number of hydrogen-bond acceptors (Lipinski definition) is 3. The molecule has 11 rings (SSSR count). The molecule has 0 saturated heterocycles. The predicted octanol–water partition coefficient (Wildman–Crippen LogP) is 11.5. The van der Waals surface area contributed by atoms with E-state index < -0.39 is 0 Å². The Labute approximate surface area is 280 Å². The number of benzene rings is 8. The van der Waals surface area contributed by atoms with Crippen LogP contribution in [0.4, 0.5) is 0 Å². The topological polar surface area (TPSA) is 43.1 Å². The van der Waals surface area contributed by atoms with Crippen molar-refractivity contribution in [2.45, 2.75) is 0 Å². The summed E-state index contributed by atoms with van der Waals surface area (Å²) in [6, 6.07) is 53.9. The number of aromatic nitrogens is 4. The maximum Gasteiger partial charge on any atom is 0.137 e. The molecule has 0 radical (unpaired) electrons. The first-order chi connectivity index (χ1) is 24.3. The summed E-state index contributed by atoms with van der Waals surface area (Å²) in [6.45, 7) is 0. The Hall–Kier alpha value is -6.65. The fourth-order valence-electron chi connectivity index (χ4n) is 7.83. The van der Waals surface area contributed by atoms with Gasteiger partial charge in [0, 0.05) is 33.5 Å². The van der Waals surface area contributed by atoms with E-state index in [1.165, 1.54) is 32.3 Å². The molecule has 226 valence electrons. The maximum atomic E-state index is 5.46. The molecular weight excluding hydrogens is 597 g/mol. The van der Waals surface area contributed by atoms with Gasteiger partial charge in [-0.3, -0.25) is 4.40 Å². The second-order valence-electron chi connectivity index (χ2n) is 12.8. The second kappa shape index (κ2) is 9.93. The summed E-state index contributed by atoms with van der Waals surface area (Å²) < 4.78 is 2.22. The Morgan fingerprint density at radius 3 is 1.94 bits per heavy atom. The van der Waals surface area contributed by atoms with E-state index in [2.05, 4.69) is 162 Å². The van der Waals surface area contributed by atoms with Gasteiger partial charge in [-0.25, -0.2) is 15.0 Å². The summed E-state index contributed by atoms with van der Waals surface area (Å²) in [5, 5.41) is 11.7. The highest BCUT2D eigenvalue weighted by molar-refractivity contribution is 6.31. The van der Waals surface area contributed by atoms with Gasteiger partial charge in [-0.2, -0.15) is 0 Å². The lowest BCUT2D eigenvalue weighted by atomic mass is 9.92. The summed E-state index contributed by atoms with van der Waals surface area (Å²) >= 11 is 0. The Morgan fingerprint density at radius 1 is 0.388 bits per heavy atom. The van der Waals surface area contributed by atoms with Crippen molar-refractivity contribution in [1.29, 1.82) is 0 Å². The number of hydrogen-bond donors (Lipinski definition) is 0. The van der Waals surface area contributed by atoms with Gasteiger partial charge in [-0.05, 0) is 68.0 Å². The number of rotatable bonds is 2. The monoisotopic (exact) mass is 622 g/mol. The molecule has 3 aromatic heterocycles. The van der Waals surface area contributed by atoms with Crippen LogP contribution in [0.25, 0.3) is 104 Å². The van der Waals surface area contributed by atoms with Crippen molar-refractivity contribution in [1.82, 2.24) is 19.4 Å². The van der Waals surface area contributed by atoms with Gasteiger partial charge in [0.05, 0.1) is 33.5 Å². The van der Waals surface area contributed by atoms with Crippen molar-refractivity contribution in [3.8, 4) is 22.5 Å². The van der Waals surface area contributed by atoms with Gasteiger partial charge >= 0.3 is 0 Å². The SMILES string of the molecule is c1ccc2cc(-c3nc4c(ccc5ccccc54)nc3-c3ccc4c(c3)c3c5ccccc5ccc3c3nc5ccccn5c43)ccc2c1. The predicted molar refractivity (Wildman–Crippen MR) is 204 cm³/mol. The van der Waals surface area contributed by atoms with Crippen molar-refractivity contribution in [2.75, 3.05) is 0 Å². The van der Waals surface area contributed by atoms with Crippen LogP contribution in [-0.2, 0) is 0 Å². The molecule has 0 fully saturated rings. The average Bonchev–Trinajstić information content (AvgIpc) is 3.57. The van der Waals surface area contributed by atoms with Crippen LogP contribution < -0.4 is 0 Å². The average molecular weight is 623 g/mol. The van der Waals surface area contributed by atoms with E-state index in [1.807, 2.05) is 0 Å². The zero-order valence-corrected chi connectivity index (χ0v) is 26.3. The van der Waals surface area contributed by atoms with E-state index >= 15 is 0 Å².